The molecule has 0 aliphatic heterocycles. The number of benzene rings is 1. The molecule has 0 unspecified atom stereocenters. The highest BCUT2D eigenvalue weighted by molar-refractivity contribution is 7.22. The molecule has 0 atom stereocenters. The Kier molecular flexibility index (Phi) is 4.39. The van der Waals surface area contributed by atoms with Crippen LogP contribution < -0.4 is 10.2 Å². The Morgan fingerprint density at radius 2 is 2.15 bits per heavy atom. The maximum Gasteiger partial charge on any atom is 0.239 e. The van der Waals surface area contributed by atoms with E-state index < -0.39 is 0 Å². The van der Waals surface area contributed by atoms with Crippen LogP contribution in [-0.4, -0.2) is 31.0 Å². The molecule has 4 nitrogen and oxygen atoms in total. The summed E-state index contributed by atoms with van der Waals surface area (Å²) < 4.78 is 1.19. The molecule has 20 heavy (non-hydrogen) atoms. The van der Waals surface area contributed by atoms with Gasteiger partial charge < -0.3 is 10.2 Å². The normalized spacial score (nSPS) is 10.6. The summed E-state index contributed by atoms with van der Waals surface area (Å²) in [5, 5.41) is 3.63. The Hall–Kier alpha value is -1.88. The summed E-state index contributed by atoms with van der Waals surface area (Å²) in [4.78, 5) is 18.2. The van der Waals surface area contributed by atoms with Crippen molar-refractivity contribution in [3.8, 4) is 0 Å². The molecule has 1 amide bonds. The predicted molar refractivity (Wildman–Crippen MR) is 85.6 cm³/mol. The summed E-state index contributed by atoms with van der Waals surface area (Å²) in [5.41, 5.74) is 3.42. The molecule has 106 valence electrons. The van der Waals surface area contributed by atoms with Gasteiger partial charge in [-0.1, -0.05) is 29.5 Å². The second-order valence-corrected chi connectivity index (χ2v) is 5.80. The van der Waals surface area contributed by atoms with Gasteiger partial charge in [-0.15, -0.1) is 6.58 Å². The molecule has 1 heterocycles. The van der Waals surface area contributed by atoms with E-state index in [2.05, 4.69) is 42.9 Å². The van der Waals surface area contributed by atoms with Crippen molar-refractivity contribution >= 4 is 32.6 Å². The highest BCUT2D eigenvalue weighted by atomic mass is 32.1. The second kappa shape index (κ2) is 6.05. The van der Waals surface area contributed by atoms with Gasteiger partial charge in [-0.05, 0) is 25.0 Å². The van der Waals surface area contributed by atoms with Crippen LogP contribution >= 0.6 is 11.3 Å². The largest absolute Gasteiger partial charge is 0.351 e. The topological polar surface area (TPSA) is 45.2 Å². The molecule has 0 aliphatic carbocycles. The van der Waals surface area contributed by atoms with E-state index in [1.165, 1.54) is 10.3 Å². The first-order chi connectivity index (χ1) is 9.52. The SMILES string of the molecule is C=CCNC(=O)CN(C)c1nc2c(C)ccc(C)c2s1. The van der Waals surface area contributed by atoms with Crippen molar-refractivity contribution in [2.75, 3.05) is 25.0 Å². The van der Waals surface area contributed by atoms with Crippen LogP contribution in [0.25, 0.3) is 10.2 Å². The lowest BCUT2D eigenvalue weighted by Crippen LogP contribution is -2.35. The number of carbonyl (C=O) groups excluding carboxylic acids is 1. The molecule has 0 radical (unpaired) electrons. The van der Waals surface area contributed by atoms with E-state index in [0.717, 1.165) is 16.2 Å². The summed E-state index contributed by atoms with van der Waals surface area (Å²) in [6, 6.07) is 4.19. The quantitative estimate of drug-likeness (QED) is 0.861. The Morgan fingerprint density at radius 3 is 2.80 bits per heavy atom. The highest BCUT2D eigenvalue weighted by Gasteiger charge is 2.13. The number of thiazole rings is 1. The summed E-state index contributed by atoms with van der Waals surface area (Å²) in [6.45, 7) is 8.51. The van der Waals surface area contributed by atoms with Gasteiger partial charge in [0.25, 0.3) is 0 Å². The van der Waals surface area contributed by atoms with Crippen molar-refractivity contribution in [2.45, 2.75) is 13.8 Å². The molecule has 1 N–H and O–H groups in total. The molecule has 5 heteroatoms. The van der Waals surface area contributed by atoms with Crippen molar-refractivity contribution in [1.29, 1.82) is 0 Å². The highest BCUT2D eigenvalue weighted by Crippen LogP contribution is 2.32. The maximum atomic E-state index is 11.7. The fourth-order valence-electron chi connectivity index (χ4n) is 1.94. The zero-order valence-corrected chi connectivity index (χ0v) is 12.9. The van der Waals surface area contributed by atoms with Crippen LogP contribution in [0.1, 0.15) is 11.1 Å². The molecule has 0 bridgehead atoms. The zero-order chi connectivity index (χ0) is 14.7. The molecule has 1 aromatic heterocycles. The standard InChI is InChI=1S/C15H19N3OS/c1-5-8-16-12(19)9-18(4)15-17-13-10(2)6-7-11(3)14(13)20-15/h5-7H,1,8-9H2,2-4H3,(H,16,19). The first kappa shape index (κ1) is 14.5. The number of rotatable bonds is 5. The van der Waals surface area contributed by atoms with Crippen molar-refractivity contribution in [3.05, 3.63) is 35.9 Å². The summed E-state index contributed by atoms with van der Waals surface area (Å²) in [7, 11) is 1.88. The Balaban J connectivity index is 2.20. The molecule has 0 fully saturated rings. The molecule has 0 saturated carbocycles. The van der Waals surface area contributed by atoms with Crippen LogP contribution in [0.5, 0.6) is 0 Å². The fraction of sp³-hybridized carbons (Fsp3) is 0.333. The van der Waals surface area contributed by atoms with Crippen LogP contribution in [0.2, 0.25) is 0 Å². The van der Waals surface area contributed by atoms with Crippen LogP contribution in [-0.2, 0) is 4.79 Å². The lowest BCUT2D eigenvalue weighted by Gasteiger charge is -2.14. The van der Waals surface area contributed by atoms with Gasteiger partial charge in [0.2, 0.25) is 5.91 Å². The van der Waals surface area contributed by atoms with Crippen molar-refractivity contribution in [2.24, 2.45) is 0 Å². The third-order valence-corrected chi connectivity index (χ3v) is 4.39. The number of hydrogen-bond acceptors (Lipinski definition) is 4. The number of anilines is 1. The average Bonchev–Trinajstić information content (AvgIpc) is 2.87. The fourth-order valence-corrected chi connectivity index (χ4v) is 3.01. The van der Waals surface area contributed by atoms with E-state index in [9.17, 15) is 4.79 Å². The van der Waals surface area contributed by atoms with Gasteiger partial charge in [0.15, 0.2) is 5.13 Å². The van der Waals surface area contributed by atoms with Crippen LogP contribution in [0.4, 0.5) is 5.13 Å². The van der Waals surface area contributed by atoms with E-state index in [-0.39, 0.29) is 5.91 Å². The number of nitrogens with zero attached hydrogens (tertiary/aromatic N) is 2. The monoisotopic (exact) mass is 289 g/mol. The molecule has 0 aliphatic rings. The number of nitrogens with one attached hydrogen (secondary N) is 1. The molecule has 2 rings (SSSR count). The molecule has 0 saturated heterocycles. The number of aromatic nitrogens is 1. The van der Waals surface area contributed by atoms with Gasteiger partial charge in [-0.25, -0.2) is 4.98 Å². The molecule has 1 aromatic carbocycles. The Labute approximate surface area is 123 Å². The minimum atomic E-state index is -0.0277. The molecular formula is C15H19N3OS. The van der Waals surface area contributed by atoms with E-state index >= 15 is 0 Å². The number of likely N-dealkylation sites (N-methyl/N-ethyl adjacent to an activating group) is 1. The van der Waals surface area contributed by atoms with Crippen LogP contribution in [0.3, 0.4) is 0 Å². The van der Waals surface area contributed by atoms with Gasteiger partial charge in [0, 0.05) is 13.6 Å². The number of fused-ring (bicyclic) bond motifs is 1. The first-order valence-electron chi connectivity index (χ1n) is 6.48. The number of aryl methyl sites for hydroxylation is 2. The second-order valence-electron chi connectivity index (χ2n) is 4.82. The third kappa shape index (κ3) is 2.99. The Morgan fingerprint density at radius 1 is 1.45 bits per heavy atom. The average molecular weight is 289 g/mol. The van der Waals surface area contributed by atoms with E-state index in [0.29, 0.717) is 13.1 Å². The molecule has 2 aromatic rings. The van der Waals surface area contributed by atoms with Crippen LogP contribution in [0, 0.1) is 13.8 Å². The first-order valence-corrected chi connectivity index (χ1v) is 7.30. The predicted octanol–water partition coefficient (Wildman–Crippen LogP) is 2.65. The minimum absolute atomic E-state index is 0.0277. The third-order valence-electron chi connectivity index (χ3n) is 3.08. The van der Waals surface area contributed by atoms with Gasteiger partial charge >= 0.3 is 0 Å². The lowest BCUT2D eigenvalue weighted by molar-refractivity contribution is -0.119. The van der Waals surface area contributed by atoms with Gasteiger partial charge in [-0.3, -0.25) is 4.79 Å². The number of carbonyl (C=O) groups is 1. The van der Waals surface area contributed by atoms with Crippen LogP contribution in [0.15, 0.2) is 24.8 Å². The molecule has 0 spiro atoms. The lowest BCUT2D eigenvalue weighted by atomic mass is 10.1. The van der Waals surface area contributed by atoms with E-state index in [1.54, 1.807) is 17.4 Å². The van der Waals surface area contributed by atoms with Crippen molar-refractivity contribution < 1.29 is 4.79 Å². The van der Waals surface area contributed by atoms with E-state index in [1.807, 2.05) is 11.9 Å². The number of amides is 1. The summed E-state index contributed by atoms with van der Waals surface area (Å²) >= 11 is 1.63. The maximum absolute atomic E-state index is 11.7. The van der Waals surface area contributed by atoms with Gasteiger partial charge in [-0.2, -0.15) is 0 Å². The zero-order valence-electron chi connectivity index (χ0n) is 12.1. The van der Waals surface area contributed by atoms with E-state index in [4.69, 9.17) is 0 Å². The summed E-state index contributed by atoms with van der Waals surface area (Å²) in [6.07, 6.45) is 1.67. The van der Waals surface area contributed by atoms with Crippen molar-refractivity contribution in [3.63, 3.8) is 0 Å². The number of hydrogen-bond donors (Lipinski definition) is 1. The van der Waals surface area contributed by atoms with Gasteiger partial charge in [0.05, 0.1) is 16.8 Å². The summed E-state index contributed by atoms with van der Waals surface area (Å²) in [5.74, 6) is -0.0277. The molecular weight excluding hydrogens is 270 g/mol. The smallest absolute Gasteiger partial charge is 0.239 e. The minimum Gasteiger partial charge on any atom is -0.351 e. The van der Waals surface area contributed by atoms with Gasteiger partial charge in [0.1, 0.15) is 0 Å². The van der Waals surface area contributed by atoms with Crippen molar-refractivity contribution in [1.82, 2.24) is 10.3 Å². The Bertz CT molecular complexity index is 609.